The van der Waals surface area contributed by atoms with Crippen LogP contribution in [-0.4, -0.2) is 11.1 Å². The highest BCUT2D eigenvalue weighted by atomic mass is 16.1. The minimum Gasteiger partial charge on any atom is -0.385 e. The van der Waals surface area contributed by atoms with Crippen LogP contribution in [0.25, 0.3) is 10.9 Å². The van der Waals surface area contributed by atoms with Crippen LogP contribution in [0.5, 0.6) is 0 Å². The summed E-state index contributed by atoms with van der Waals surface area (Å²) >= 11 is 0. The summed E-state index contributed by atoms with van der Waals surface area (Å²) in [5, 5.41) is 4.29. The number of aromatic nitrogens is 1. The molecule has 0 radical (unpaired) electrons. The van der Waals surface area contributed by atoms with Crippen molar-refractivity contribution in [2.45, 2.75) is 6.92 Å². The molecule has 0 bridgehead atoms. The lowest BCUT2D eigenvalue weighted by atomic mass is 10.2. The average Bonchev–Trinajstić information content (AvgIpc) is 2.26. The summed E-state index contributed by atoms with van der Waals surface area (Å²) in [6.07, 6.45) is 0. The van der Waals surface area contributed by atoms with Gasteiger partial charge < -0.3 is 9.88 Å². The quantitative estimate of drug-likeness (QED) is 0.807. The Balaban J connectivity index is 2.82. The highest BCUT2D eigenvalue weighted by Gasteiger charge is 2.04. The Morgan fingerprint density at radius 2 is 2.07 bits per heavy atom. The molecule has 0 unspecified atom stereocenters. The first-order chi connectivity index (χ1) is 7.24. The van der Waals surface area contributed by atoms with E-state index in [-0.39, 0.29) is 5.56 Å². The summed E-state index contributed by atoms with van der Waals surface area (Å²) in [5.74, 6) is 0. The first kappa shape index (κ1) is 9.77. The number of nitrogens with one attached hydrogen (secondary N) is 1. The van der Waals surface area contributed by atoms with E-state index in [4.69, 9.17) is 0 Å². The predicted molar refractivity (Wildman–Crippen MR) is 63.4 cm³/mol. The van der Waals surface area contributed by atoms with Crippen molar-refractivity contribution < 1.29 is 0 Å². The molecule has 1 heterocycles. The number of aryl methyl sites for hydroxylation is 1. The Morgan fingerprint density at radius 3 is 2.80 bits per heavy atom. The van der Waals surface area contributed by atoms with Crippen LogP contribution < -0.4 is 10.9 Å². The SMILES string of the molecule is CCNc1cc(=O)n(C)c2ccccc12. The lowest BCUT2D eigenvalue weighted by Crippen LogP contribution is -2.17. The van der Waals surface area contributed by atoms with Gasteiger partial charge in [-0.3, -0.25) is 4.79 Å². The third-order valence-corrected chi connectivity index (χ3v) is 2.52. The Kier molecular flexibility index (Phi) is 2.46. The molecule has 1 aromatic carbocycles. The lowest BCUT2D eigenvalue weighted by Gasteiger charge is -2.10. The van der Waals surface area contributed by atoms with Crippen molar-refractivity contribution in [3.05, 3.63) is 40.7 Å². The molecule has 0 aliphatic heterocycles. The number of nitrogens with zero attached hydrogens (tertiary/aromatic N) is 1. The van der Waals surface area contributed by atoms with Crippen LogP contribution in [0.4, 0.5) is 5.69 Å². The highest BCUT2D eigenvalue weighted by Crippen LogP contribution is 2.20. The molecule has 15 heavy (non-hydrogen) atoms. The molecule has 1 aromatic heterocycles. The van der Waals surface area contributed by atoms with Gasteiger partial charge in [-0.05, 0) is 13.0 Å². The highest BCUT2D eigenvalue weighted by molar-refractivity contribution is 5.91. The molecule has 78 valence electrons. The number of hydrogen-bond donors (Lipinski definition) is 1. The maximum absolute atomic E-state index is 11.7. The zero-order valence-electron chi connectivity index (χ0n) is 8.95. The van der Waals surface area contributed by atoms with Crippen molar-refractivity contribution >= 4 is 16.6 Å². The smallest absolute Gasteiger partial charge is 0.252 e. The van der Waals surface area contributed by atoms with Crippen molar-refractivity contribution in [2.75, 3.05) is 11.9 Å². The van der Waals surface area contributed by atoms with Gasteiger partial charge in [-0.15, -0.1) is 0 Å². The molecule has 0 amide bonds. The largest absolute Gasteiger partial charge is 0.385 e. The van der Waals surface area contributed by atoms with Crippen molar-refractivity contribution in [1.82, 2.24) is 4.57 Å². The van der Waals surface area contributed by atoms with Crippen LogP contribution in [0.2, 0.25) is 0 Å². The third-order valence-electron chi connectivity index (χ3n) is 2.52. The second-order valence-corrected chi connectivity index (χ2v) is 3.50. The normalized spacial score (nSPS) is 10.5. The number of pyridine rings is 1. The maximum atomic E-state index is 11.7. The van der Waals surface area contributed by atoms with Gasteiger partial charge in [0.2, 0.25) is 0 Å². The van der Waals surface area contributed by atoms with Crippen LogP contribution in [0.15, 0.2) is 35.1 Å². The van der Waals surface area contributed by atoms with Crippen LogP contribution in [-0.2, 0) is 7.05 Å². The van der Waals surface area contributed by atoms with Gasteiger partial charge in [0.05, 0.1) is 5.52 Å². The summed E-state index contributed by atoms with van der Waals surface area (Å²) in [7, 11) is 1.79. The van der Waals surface area contributed by atoms with E-state index >= 15 is 0 Å². The monoisotopic (exact) mass is 202 g/mol. The summed E-state index contributed by atoms with van der Waals surface area (Å²) in [6.45, 7) is 2.84. The van der Waals surface area contributed by atoms with Crippen LogP contribution >= 0.6 is 0 Å². The summed E-state index contributed by atoms with van der Waals surface area (Å²) in [4.78, 5) is 11.7. The minimum absolute atomic E-state index is 0.0182. The lowest BCUT2D eigenvalue weighted by molar-refractivity contribution is 0.906. The van der Waals surface area contributed by atoms with Crippen molar-refractivity contribution in [1.29, 1.82) is 0 Å². The molecule has 0 aliphatic carbocycles. The molecule has 1 N–H and O–H groups in total. The van der Waals surface area contributed by atoms with Gasteiger partial charge in [0.15, 0.2) is 0 Å². The van der Waals surface area contributed by atoms with Crippen LogP contribution in [0.3, 0.4) is 0 Å². The molecule has 0 saturated heterocycles. The van der Waals surface area contributed by atoms with E-state index in [2.05, 4.69) is 5.32 Å². The number of rotatable bonds is 2. The van der Waals surface area contributed by atoms with E-state index in [9.17, 15) is 4.79 Å². The molecule has 3 nitrogen and oxygen atoms in total. The molecule has 0 saturated carbocycles. The molecule has 0 atom stereocenters. The zero-order valence-corrected chi connectivity index (χ0v) is 8.95. The second-order valence-electron chi connectivity index (χ2n) is 3.50. The van der Waals surface area contributed by atoms with E-state index in [0.29, 0.717) is 0 Å². The first-order valence-corrected chi connectivity index (χ1v) is 5.06. The molecule has 0 fully saturated rings. The molecule has 0 spiro atoms. The summed E-state index contributed by atoms with van der Waals surface area (Å²) in [5.41, 5.74) is 1.89. The van der Waals surface area contributed by atoms with Gasteiger partial charge >= 0.3 is 0 Å². The molecular weight excluding hydrogens is 188 g/mol. The van der Waals surface area contributed by atoms with E-state index in [0.717, 1.165) is 23.1 Å². The van der Waals surface area contributed by atoms with Crippen molar-refractivity contribution in [2.24, 2.45) is 7.05 Å². The zero-order chi connectivity index (χ0) is 10.8. The van der Waals surface area contributed by atoms with E-state index in [1.165, 1.54) is 0 Å². The Labute approximate surface area is 88.3 Å². The van der Waals surface area contributed by atoms with Gasteiger partial charge in [-0.2, -0.15) is 0 Å². The molecule has 2 rings (SSSR count). The summed E-state index contributed by atoms with van der Waals surface area (Å²) in [6, 6.07) is 9.54. The standard InChI is InChI=1S/C12H14N2O/c1-3-13-10-8-12(15)14(2)11-7-5-4-6-9(10)11/h4-8,13H,3H2,1-2H3. The Bertz CT molecular complexity index is 543. The third kappa shape index (κ3) is 1.61. The number of hydrogen-bond acceptors (Lipinski definition) is 2. The van der Waals surface area contributed by atoms with Gasteiger partial charge in [-0.25, -0.2) is 0 Å². The molecule has 2 aromatic rings. The average molecular weight is 202 g/mol. The fourth-order valence-corrected chi connectivity index (χ4v) is 1.75. The Morgan fingerprint density at radius 1 is 1.33 bits per heavy atom. The van der Waals surface area contributed by atoms with E-state index in [1.54, 1.807) is 17.7 Å². The second kappa shape index (κ2) is 3.77. The van der Waals surface area contributed by atoms with Crippen molar-refractivity contribution in [3.8, 4) is 0 Å². The maximum Gasteiger partial charge on any atom is 0.252 e. The number of benzene rings is 1. The minimum atomic E-state index is 0.0182. The summed E-state index contributed by atoms with van der Waals surface area (Å²) < 4.78 is 1.66. The topological polar surface area (TPSA) is 34.0 Å². The van der Waals surface area contributed by atoms with Gasteiger partial charge in [0, 0.05) is 30.7 Å². The van der Waals surface area contributed by atoms with Gasteiger partial charge in [0.25, 0.3) is 5.56 Å². The van der Waals surface area contributed by atoms with E-state index in [1.807, 2.05) is 31.2 Å². The first-order valence-electron chi connectivity index (χ1n) is 5.06. The number of fused-ring (bicyclic) bond motifs is 1. The van der Waals surface area contributed by atoms with Crippen LogP contribution in [0.1, 0.15) is 6.92 Å². The molecular formula is C12H14N2O. The fraction of sp³-hybridized carbons (Fsp3) is 0.250. The van der Waals surface area contributed by atoms with Gasteiger partial charge in [0.1, 0.15) is 0 Å². The molecule has 0 aliphatic rings. The number of anilines is 1. The van der Waals surface area contributed by atoms with E-state index < -0.39 is 0 Å². The molecule has 3 heteroatoms. The van der Waals surface area contributed by atoms with Crippen molar-refractivity contribution in [3.63, 3.8) is 0 Å². The fourth-order valence-electron chi connectivity index (χ4n) is 1.75. The van der Waals surface area contributed by atoms with Crippen LogP contribution in [0, 0.1) is 0 Å². The number of para-hydroxylation sites is 1. The predicted octanol–water partition coefficient (Wildman–Crippen LogP) is 1.97. The Hall–Kier alpha value is -1.77. The van der Waals surface area contributed by atoms with Gasteiger partial charge in [-0.1, -0.05) is 18.2 Å².